The number of amides is 1. The highest BCUT2D eigenvalue weighted by atomic mass is 32.1. The second-order valence-electron chi connectivity index (χ2n) is 7.63. The number of nitrogens with zero attached hydrogens (tertiary/aromatic N) is 1. The standard InChI is InChI=1S/C21H24N2O3S/c1-13(26-16-9-6-14(7-10-16)21(2,3)4)19(24)22-15-8-11-17-18(12-15)27-20(25)23(17)5/h6-13H,1-5H3,(H,22,24)/t13-/m1/s1. The Morgan fingerprint density at radius 3 is 2.44 bits per heavy atom. The van der Waals surface area contributed by atoms with E-state index in [2.05, 4.69) is 26.1 Å². The molecule has 1 amide bonds. The van der Waals surface area contributed by atoms with E-state index in [1.54, 1.807) is 24.6 Å². The zero-order chi connectivity index (χ0) is 19.8. The van der Waals surface area contributed by atoms with Crippen LogP contribution < -0.4 is 14.9 Å². The van der Waals surface area contributed by atoms with Crippen LogP contribution in [-0.2, 0) is 17.3 Å². The quantitative estimate of drug-likeness (QED) is 0.729. The van der Waals surface area contributed by atoms with Gasteiger partial charge in [0.1, 0.15) is 5.75 Å². The molecule has 0 saturated heterocycles. The number of anilines is 1. The highest BCUT2D eigenvalue weighted by molar-refractivity contribution is 7.16. The molecule has 5 nitrogen and oxygen atoms in total. The van der Waals surface area contributed by atoms with Gasteiger partial charge in [-0.25, -0.2) is 0 Å². The van der Waals surface area contributed by atoms with Crippen molar-refractivity contribution < 1.29 is 9.53 Å². The van der Waals surface area contributed by atoms with Gasteiger partial charge in [0.2, 0.25) is 0 Å². The van der Waals surface area contributed by atoms with Crippen LogP contribution in [0.25, 0.3) is 10.2 Å². The molecule has 1 atom stereocenters. The fourth-order valence-corrected chi connectivity index (χ4v) is 3.67. The minimum absolute atomic E-state index is 0.0242. The summed E-state index contributed by atoms with van der Waals surface area (Å²) in [5.41, 5.74) is 2.78. The van der Waals surface area contributed by atoms with Crippen molar-refractivity contribution >= 4 is 33.1 Å². The Hall–Kier alpha value is -2.60. The highest BCUT2D eigenvalue weighted by Crippen LogP contribution is 2.25. The maximum absolute atomic E-state index is 12.5. The molecule has 0 aliphatic carbocycles. The summed E-state index contributed by atoms with van der Waals surface area (Å²) in [6.07, 6.45) is -0.643. The zero-order valence-corrected chi connectivity index (χ0v) is 17.0. The van der Waals surface area contributed by atoms with Gasteiger partial charge in [-0.15, -0.1) is 0 Å². The Morgan fingerprint density at radius 2 is 1.81 bits per heavy atom. The molecule has 2 aromatic carbocycles. The van der Waals surface area contributed by atoms with Crippen LogP contribution in [0, 0.1) is 0 Å². The van der Waals surface area contributed by atoms with Crippen LogP contribution in [0.15, 0.2) is 47.3 Å². The molecule has 0 radical (unpaired) electrons. The van der Waals surface area contributed by atoms with E-state index < -0.39 is 6.10 Å². The SMILES string of the molecule is C[C@@H](Oc1ccc(C(C)(C)C)cc1)C(=O)Nc1ccc2c(c1)sc(=O)n2C. The zero-order valence-electron chi connectivity index (χ0n) is 16.2. The van der Waals surface area contributed by atoms with E-state index in [-0.39, 0.29) is 16.2 Å². The van der Waals surface area contributed by atoms with Crippen molar-refractivity contribution in [2.45, 2.75) is 39.2 Å². The van der Waals surface area contributed by atoms with E-state index in [0.29, 0.717) is 11.4 Å². The lowest BCUT2D eigenvalue weighted by atomic mass is 9.87. The molecule has 3 aromatic rings. The summed E-state index contributed by atoms with van der Waals surface area (Å²) in [7, 11) is 1.74. The number of fused-ring (bicyclic) bond motifs is 1. The van der Waals surface area contributed by atoms with Crippen molar-refractivity contribution in [3.05, 3.63) is 57.7 Å². The maximum atomic E-state index is 12.5. The Labute approximate surface area is 162 Å². The first-order chi connectivity index (χ1) is 12.6. The lowest BCUT2D eigenvalue weighted by Crippen LogP contribution is -2.30. The number of rotatable bonds is 4. The van der Waals surface area contributed by atoms with Crippen LogP contribution in [0.1, 0.15) is 33.3 Å². The van der Waals surface area contributed by atoms with E-state index in [4.69, 9.17) is 4.74 Å². The summed E-state index contributed by atoms with van der Waals surface area (Å²) in [4.78, 5) is 24.2. The predicted molar refractivity (Wildman–Crippen MR) is 111 cm³/mol. The molecule has 0 bridgehead atoms. The van der Waals surface area contributed by atoms with Crippen molar-refractivity contribution in [1.82, 2.24) is 4.57 Å². The number of thiazole rings is 1. The first-order valence-corrected chi connectivity index (χ1v) is 9.64. The molecule has 0 spiro atoms. The Balaban J connectivity index is 1.68. The summed E-state index contributed by atoms with van der Waals surface area (Å²) in [5.74, 6) is 0.417. The number of hydrogen-bond acceptors (Lipinski definition) is 4. The first-order valence-electron chi connectivity index (χ1n) is 8.83. The third-order valence-electron chi connectivity index (χ3n) is 4.46. The van der Waals surface area contributed by atoms with Crippen molar-refractivity contribution in [3.8, 4) is 5.75 Å². The molecule has 1 N–H and O–H groups in total. The number of aromatic nitrogens is 1. The molecule has 0 unspecified atom stereocenters. The molecule has 1 heterocycles. The molecule has 6 heteroatoms. The van der Waals surface area contributed by atoms with E-state index >= 15 is 0 Å². The lowest BCUT2D eigenvalue weighted by molar-refractivity contribution is -0.122. The van der Waals surface area contributed by atoms with Crippen LogP contribution in [0.4, 0.5) is 5.69 Å². The van der Waals surface area contributed by atoms with Crippen molar-refractivity contribution in [1.29, 1.82) is 0 Å². The highest BCUT2D eigenvalue weighted by Gasteiger charge is 2.17. The van der Waals surface area contributed by atoms with E-state index in [9.17, 15) is 9.59 Å². The molecule has 1 aromatic heterocycles. The van der Waals surface area contributed by atoms with Gasteiger partial charge in [0.05, 0.1) is 10.2 Å². The first kappa shape index (κ1) is 19.2. The predicted octanol–water partition coefficient (Wildman–Crippen LogP) is 4.30. The van der Waals surface area contributed by atoms with Crippen LogP contribution in [0.2, 0.25) is 0 Å². The van der Waals surface area contributed by atoms with Gasteiger partial charge in [0.15, 0.2) is 6.10 Å². The van der Waals surface area contributed by atoms with Gasteiger partial charge in [0.25, 0.3) is 5.91 Å². The fourth-order valence-electron chi connectivity index (χ4n) is 2.75. The number of ether oxygens (including phenoxy) is 1. The summed E-state index contributed by atoms with van der Waals surface area (Å²) in [6, 6.07) is 13.2. The molecule has 3 rings (SSSR count). The Morgan fingerprint density at radius 1 is 1.15 bits per heavy atom. The van der Waals surface area contributed by atoms with Crippen molar-refractivity contribution in [2.24, 2.45) is 7.05 Å². The minimum atomic E-state index is -0.643. The minimum Gasteiger partial charge on any atom is -0.481 e. The summed E-state index contributed by atoms with van der Waals surface area (Å²) in [5, 5.41) is 2.85. The average molecular weight is 385 g/mol. The van der Waals surface area contributed by atoms with Crippen LogP contribution in [-0.4, -0.2) is 16.6 Å². The Bertz CT molecular complexity index is 1030. The molecule has 27 heavy (non-hydrogen) atoms. The summed E-state index contributed by atoms with van der Waals surface area (Å²) >= 11 is 1.16. The fraction of sp³-hybridized carbons (Fsp3) is 0.333. The number of benzene rings is 2. The second kappa shape index (κ2) is 7.19. The van der Waals surface area contributed by atoms with Gasteiger partial charge in [-0.05, 0) is 48.2 Å². The number of aryl methyl sites for hydroxylation is 1. The van der Waals surface area contributed by atoms with Crippen LogP contribution >= 0.6 is 11.3 Å². The van der Waals surface area contributed by atoms with E-state index in [1.807, 2.05) is 36.4 Å². The van der Waals surface area contributed by atoms with Crippen LogP contribution in [0.3, 0.4) is 0 Å². The van der Waals surface area contributed by atoms with Gasteiger partial charge >= 0.3 is 4.87 Å². The Kier molecular flexibility index (Phi) is 5.11. The molecular formula is C21H24N2O3S. The van der Waals surface area contributed by atoms with Gasteiger partial charge in [-0.1, -0.05) is 44.2 Å². The number of nitrogens with one attached hydrogen (secondary N) is 1. The van der Waals surface area contributed by atoms with Crippen molar-refractivity contribution in [2.75, 3.05) is 5.32 Å². The molecular weight excluding hydrogens is 360 g/mol. The normalized spacial score (nSPS) is 12.8. The monoisotopic (exact) mass is 384 g/mol. The lowest BCUT2D eigenvalue weighted by Gasteiger charge is -2.20. The molecule has 142 valence electrons. The van der Waals surface area contributed by atoms with Gasteiger partial charge in [-0.3, -0.25) is 9.59 Å². The number of hydrogen-bond donors (Lipinski definition) is 1. The third-order valence-corrected chi connectivity index (χ3v) is 5.46. The number of carbonyl (C=O) groups excluding carboxylic acids is 1. The summed E-state index contributed by atoms with van der Waals surface area (Å²) in [6.45, 7) is 8.17. The maximum Gasteiger partial charge on any atom is 0.307 e. The number of carbonyl (C=O) groups is 1. The molecule has 0 saturated carbocycles. The van der Waals surface area contributed by atoms with E-state index in [0.717, 1.165) is 21.6 Å². The molecule has 0 aliphatic heterocycles. The van der Waals surface area contributed by atoms with E-state index in [1.165, 1.54) is 5.56 Å². The molecule has 0 aliphatic rings. The second-order valence-corrected chi connectivity index (χ2v) is 8.63. The molecule has 0 fully saturated rings. The third kappa shape index (κ3) is 4.22. The largest absolute Gasteiger partial charge is 0.481 e. The van der Waals surface area contributed by atoms with Gasteiger partial charge < -0.3 is 14.6 Å². The van der Waals surface area contributed by atoms with Crippen LogP contribution in [0.5, 0.6) is 5.75 Å². The van der Waals surface area contributed by atoms with Gasteiger partial charge in [-0.2, -0.15) is 0 Å². The van der Waals surface area contributed by atoms with Gasteiger partial charge in [0, 0.05) is 12.7 Å². The average Bonchev–Trinajstić information content (AvgIpc) is 2.88. The smallest absolute Gasteiger partial charge is 0.307 e. The topological polar surface area (TPSA) is 60.3 Å². The summed E-state index contributed by atoms with van der Waals surface area (Å²) < 4.78 is 8.20. The van der Waals surface area contributed by atoms with Crippen molar-refractivity contribution in [3.63, 3.8) is 0 Å².